The number of ether oxygens (including phenoxy) is 1. The first kappa shape index (κ1) is 20.1. The Balaban J connectivity index is 2.00. The summed E-state index contributed by atoms with van der Waals surface area (Å²) >= 11 is 0. The van der Waals surface area contributed by atoms with Crippen LogP contribution in [0.2, 0.25) is 0 Å². The second-order valence-corrected chi connectivity index (χ2v) is 6.42. The fourth-order valence-electron chi connectivity index (χ4n) is 3.20. The van der Waals surface area contributed by atoms with Crippen molar-refractivity contribution in [3.8, 4) is 5.75 Å². The number of hydrogen-bond acceptors (Lipinski definition) is 3. The van der Waals surface area contributed by atoms with Gasteiger partial charge in [0.05, 0.1) is 6.42 Å². The monoisotopic (exact) mass is 372 g/mol. The van der Waals surface area contributed by atoms with Crippen LogP contribution in [-0.2, 0) is 16.0 Å². The predicted octanol–water partition coefficient (Wildman–Crippen LogP) is 3.08. The molecule has 2 rings (SSSR count). The molecule has 144 valence electrons. The van der Waals surface area contributed by atoms with Gasteiger partial charge >= 0.3 is 6.36 Å². The lowest BCUT2D eigenvalue weighted by atomic mass is 9.80. The van der Waals surface area contributed by atoms with Crippen molar-refractivity contribution >= 4 is 11.8 Å². The molecule has 0 radical (unpaired) electrons. The standard InChI is InChI=1S/C18H23F3N2O3/c1-2-22-16(25)17(10-4-3-5-11-17)23-15(24)12-13-6-8-14(9-7-13)26-18(19,20)21/h6-9H,2-5,10-12H2,1H3,(H,22,25)(H,23,24). The van der Waals surface area contributed by atoms with E-state index in [-0.39, 0.29) is 24.0 Å². The van der Waals surface area contributed by atoms with Gasteiger partial charge in [-0.1, -0.05) is 31.4 Å². The van der Waals surface area contributed by atoms with Crippen molar-refractivity contribution in [3.05, 3.63) is 29.8 Å². The predicted molar refractivity (Wildman–Crippen MR) is 89.5 cm³/mol. The third-order valence-electron chi connectivity index (χ3n) is 4.38. The summed E-state index contributed by atoms with van der Waals surface area (Å²) in [5.41, 5.74) is -0.358. The number of halogens is 3. The van der Waals surface area contributed by atoms with Gasteiger partial charge in [0.1, 0.15) is 11.3 Å². The van der Waals surface area contributed by atoms with Crippen LogP contribution in [0, 0.1) is 0 Å². The summed E-state index contributed by atoms with van der Waals surface area (Å²) in [6.45, 7) is 2.30. The van der Waals surface area contributed by atoms with Gasteiger partial charge in [0.2, 0.25) is 11.8 Å². The highest BCUT2D eigenvalue weighted by Crippen LogP contribution is 2.29. The quantitative estimate of drug-likeness (QED) is 0.806. The SMILES string of the molecule is CCNC(=O)C1(NC(=O)Cc2ccc(OC(F)(F)F)cc2)CCCCC1. The van der Waals surface area contributed by atoms with Crippen LogP contribution in [0.5, 0.6) is 5.75 Å². The average molecular weight is 372 g/mol. The van der Waals surface area contributed by atoms with Crippen LogP contribution in [0.25, 0.3) is 0 Å². The van der Waals surface area contributed by atoms with Gasteiger partial charge in [-0.3, -0.25) is 9.59 Å². The molecule has 0 spiro atoms. The highest BCUT2D eigenvalue weighted by Gasteiger charge is 2.40. The maximum Gasteiger partial charge on any atom is 0.573 e. The number of rotatable bonds is 6. The normalized spacial score (nSPS) is 16.6. The maximum absolute atomic E-state index is 12.4. The Labute approximate surface area is 150 Å². The third-order valence-corrected chi connectivity index (χ3v) is 4.38. The summed E-state index contributed by atoms with van der Waals surface area (Å²) in [5, 5.41) is 5.63. The molecule has 2 N–H and O–H groups in total. The Morgan fingerprint density at radius 2 is 1.73 bits per heavy atom. The number of carbonyl (C=O) groups excluding carboxylic acids is 2. The van der Waals surface area contributed by atoms with Gasteiger partial charge in [-0.25, -0.2) is 0 Å². The topological polar surface area (TPSA) is 67.4 Å². The van der Waals surface area contributed by atoms with E-state index in [1.54, 1.807) is 0 Å². The maximum atomic E-state index is 12.4. The summed E-state index contributed by atoms with van der Waals surface area (Å²) in [6.07, 6.45) is -0.850. The molecule has 8 heteroatoms. The van der Waals surface area contributed by atoms with Crippen LogP contribution in [0.4, 0.5) is 13.2 Å². The molecule has 26 heavy (non-hydrogen) atoms. The molecule has 1 aromatic rings. The molecule has 0 bridgehead atoms. The smallest absolute Gasteiger partial charge is 0.406 e. The zero-order valence-corrected chi connectivity index (χ0v) is 14.6. The summed E-state index contributed by atoms with van der Waals surface area (Å²) < 4.78 is 40.3. The van der Waals surface area contributed by atoms with Crippen LogP contribution in [0.1, 0.15) is 44.6 Å². The van der Waals surface area contributed by atoms with Gasteiger partial charge in [-0.05, 0) is 37.5 Å². The van der Waals surface area contributed by atoms with E-state index in [9.17, 15) is 22.8 Å². The zero-order valence-electron chi connectivity index (χ0n) is 14.6. The Bertz CT molecular complexity index is 624. The van der Waals surface area contributed by atoms with Crippen LogP contribution in [-0.4, -0.2) is 30.3 Å². The minimum absolute atomic E-state index is 0.0204. The number of likely N-dealkylation sites (N-methyl/N-ethyl adjacent to an activating group) is 1. The van der Waals surface area contributed by atoms with Crippen molar-refractivity contribution in [2.45, 2.75) is 57.3 Å². The Hall–Kier alpha value is -2.25. The lowest BCUT2D eigenvalue weighted by Crippen LogP contribution is -2.60. The molecule has 0 aliphatic heterocycles. The van der Waals surface area contributed by atoms with E-state index in [4.69, 9.17) is 0 Å². The number of nitrogens with one attached hydrogen (secondary N) is 2. The highest BCUT2D eigenvalue weighted by atomic mass is 19.4. The van der Waals surface area contributed by atoms with Crippen LogP contribution >= 0.6 is 0 Å². The van der Waals surface area contributed by atoms with Crippen molar-refractivity contribution in [3.63, 3.8) is 0 Å². The summed E-state index contributed by atoms with van der Waals surface area (Å²) in [5.74, 6) is -0.850. The molecule has 1 saturated carbocycles. The molecule has 1 aliphatic carbocycles. The largest absolute Gasteiger partial charge is 0.573 e. The molecule has 1 fully saturated rings. The lowest BCUT2D eigenvalue weighted by molar-refractivity contribution is -0.274. The lowest BCUT2D eigenvalue weighted by Gasteiger charge is -2.36. The Kier molecular flexibility index (Phi) is 6.50. The van der Waals surface area contributed by atoms with E-state index in [1.165, 1.54) is 12.1 Å². The third kappa shape index (κ3) is 5.64. The first-order valence-electron chi connectivity index (χ1n) is 8.68. The molecule has 0 saturated heterocycles. The van der Waals surface area contributed by atoms with Crippen LogP contribution in [0.15, 0.2) is 24.3 Å². The fourth-order valence-corrected chi connectivity index (χ4v) is 3.20. The number of carbonyl (C=O) groups is 2. The molecule has 1 aromatic carbocycles. The van der Waals surface area contributed by atoms with E-state index < -0.39 is 11.9 Å². The first-order chi connectivity index (χ1) is 12.2. The van der Waals surface area contributed by atoms with Gasteiger partial charge < -0.3 is 15.4 Å². The van der Waals surface area contributed by atoms with Gasteiger partial charge in [0, 0.05) is 6.54 Å². The van der Waals surface area contributed by atoms with Crippen LogP contribution < -0.4 is 15.4 Å². The molecule has 0 unspecified atom stereocenters. The molecular formula is C18H23F3N2O3. The highest BCUT2D eigenvalue weighted by molar-refractivity contribution is 5.92. The molecule has 5 nitrogen and oxygen atoms in total. The summed E-state index contributed by atoms with van der Waals surface area (Å²) in [6, 6.07) is 5.13. The fraction of sp³-hybridized carbons (Fsp3) is 0.556. The second-order valence-electron chi connectivity index (χ2n) is 6.42. The van der Waals surface area contributed by atoms with Crippen molar-refractivity contribution < 1.29 is 27.5 Å². The van der Waals surface area contributed by atoms with Crippen molar-refractivity contribution in [1.29, 1.82) is 0 Å². The molecule has 0 aromatic heterocycles. The van der Waals surface area contributed by atoms with E-state index >= 15 is 0 Å². The zero-order chi connectivity index (χ0) is 19.2. The second kappa shape index (κ2) is 8.42. The van der Waals surface area contributed by atoms with Crippen molar-refractivity contribution in [1.82, 2.24) is 10.6 Å². The molecule has 2 amide bonds. The van der Waals surface area contributed by atoms with Gasteiger partial charge in [0.25, 0.3) is 0 Å². The number of benzene rings is 1. The first-order valence-corrected chi connectivity index (χ1v) is 8.68. The molecule has 1 aliphatic rings. The number of hydrogen-bond donors (Lipinski definition) is 2. The Morgan fingerprint density at radius 3 is 2.27 bits per heavy atom. The minimum Gasteiger partial charge on any atom is -0.406 e. The summed E-state index contributed by atoms with van der Waals surface area (Å²) in [7, 11) is 0. The van der Waals surface area contributed by atoms with Crippen LogP contribution in [0.3, 0.4) is 0 Å². The van der Waals surface area contributed by atoms with Gasteiger partial charge in [0.15, 0.2) is 0 Å². The average Bonchev–Trinajstić information content (AvgIpc) is 2.56. The van der Waals surface area contributed by atoms with Crippen molar-refractivity contribution in [2.75, 3.05) is 6.54 Å². The van der Waals surface area contributed by atoms with Gasteiger partial charge in [-0.15, -0.1) is 13.2 Å². The van der Waals surface area contributed by atoms with Gasteiger partial charge in [-0.2, -0.15) is 0 Å². The number of amides is 2. The molecule has 0 heterocycles. The minimum atomic E-state index is -4.75. The Morgan fingerprint density at radius 1 is 1.12 bits per heavy atom. The van der Waals surface area contributed by atoms with E-state index in [0.29, 0.717) is 24.9 Å². The van der Waals surface area contributed by atoms with Crippen molar-refractivity contribution in [2.24, 2.45) is 0 Å². The summed E-state index contributed by atoms with van der Waals surface area (Å²) in [4.78, 5) is 24.8. The molecule has 0 atom stereocenters. The van der Waals surface area contributed by atoms with E-state index in [2.05, 4.69) is 15.4 Å². The number of alkyl halides is 3. The van der Waals surface area contributed by atoms with E-state index in [1.807, 2.05) is 6.92 Å². The molecular weight excluding hydrogens is 349 g/mol. The van der Waals surface area contributed by atoms with E-state index in [0.717, 1.165) is 31.4 Å².